The molecule has 0 radical (unpaired) electrons. The lowest BCUT2D eigenvalue weighted by Gasteiger charge is -2.09. The molecule has 0 spiro atoms. The van der Waals surface area contributed by atoms with Crippen molar-refractivity contribution in [1.29, 1.82) is 0 Å². The Kier molecular flexibility index (Phi) is 4.08. The van der Waals surface area contributed by atoms with Crippen LogP contribution in [0.15, 0.2) is 88.2 Å². The van der Waals surface area contributed by atoms with Crippen LogP contribution in [-0.4, -0.2) is 10.1 Å². The summed E-state index contributed by atoms with van der Waals surface area (Å²) >= 11 is 0. The fraction of sp³-hybridized carbons (Fsp3) is 0. The molecule has 0 saturated heterocycles. The van der Waals surface area contributed by atoms with Gasteiger partial charge in [-0.1, -0.05) is 48.4 Å². The van der Waals surface area contributed by atoms with Gasteiger partial charge >= 0.3 is 0 Å². The summed E-state index contributed by atoms with van der Waals surface area (Å²) < 4.78 is 6.12. The third-order valence-corrected chi connectivity index (χ3v) is 5.08. The summed E-state index contributed by atoms with van der Waals surface area (Å²) in [5.74, 6) is 2.91. The fourth-order valence-corrected chi connectivity index (χ4v) is 3.58. The van der Waals surface area contributed by atoms with E-state index in [2.05, 4.69) is 10.9 Å². The second-order valence-corrected chi connectivity index (χ2v) is 6.96. The molecule has 0 aliphatic heterocycles. The Labute approximate surface area is 172 Å². The minimum Gasteiger partial charge on any atom is -0.508 e. The van der Waals surface area contributed by atoms with Gasteiger partial charge in [0, 0.05) is 11.6 Å². The topological polar surface area (TPSA) is 63.3 Å². The summed E-state index contributed by atoms with van der Waals surface area (Å²) in [7, 11) is 0. The zero-order chi connectivity index (χ0) is 20.7. The van der Waals surface area contributed by atoms with Crippen LogP contribution in [0.1, 0.15) is 5.56 Å². The molecule has 2 aromatic heterocycles. The van der Waals surface area contributed by atoms with E-state index in [9.17, 15) is 9.90 Å². The summed E-state index contributed by atoms with van der Waals surface area (Å²) in [6.45, 7) is 0. The van der Waals surface area contributed by atoms with Crippen molar-refractivity contribution in [1.82, 2.24) is 4.98 Å². The van der Waals surface area contributed by atoms with E-state index in [1.165, 1.54) is 0 Å². The Bertz CT molecular complexity index is 1540. The third kappa shape index (κ3) is 2.90. The van der Waals surface area contributed by atoms with Gasteiger partial charge in [0.05, 0.1) is 5.39 Å². The van der Waals surface area contributed by atoms with Gasteiger partial charge in [-0.25, -0.2) is 0 Å². The standard InChI is InChI=1S/C26H15NO3/c1-2-21-25(29)22-11-10-18(16-8-5-9-20(28)12-16)14-24(22)30-26(21)23-13-17-6-3-4-7-19(17)15-27-23/h1,3-15,28H. The van der Waals surface area contributed by atoms with E-state index in [0.717, 1.165) is 21.9 Å². The second kappa shape index (κ2) is 6.91. The molecule has 3 aromatic carbocycles. The number of nitrogens with zero attached hydrogens (tertiary/aromatic N) is 1. The van der Waals surface area contributed by atoms with Crippen LogP contribution < -0.4 is 5.43 Å². The minimum atomic E-state index is -0.272. The van der Waals surface area contributed by atoms with Gasteiger partial charge in [0.25, 0.3) is 0 Å². The molecule has 0 saturated carbocycles. The first-order valence-electron chi connectivity index (χ1n) is 9.36. The molecule has 5 aromatic rings. The van der Waals surface area contributed by atoms with Gasteiger partial charge in [0.15, 0.2) is 5.76 Å². The van der Waals surface area contributed by atoms with Crippen LogP contribution in [-0.2, 0) is 0 Å². The first-order chi connectivity index (χ1) is 14.6. The van der Waals surface area contributed by atoms with E-state index < -0.39 is 0 Å². The number of terminal acetylenes is 1. The van der Waals surface area contributed by atoms with E-state index in [4.69, 9.17) is 10.8 Å². The Hall–Kier alpha value is -4.36. The highest BCUT2D eigenvalue weighted by atomic mass is 16.3. The van der Waals surface area contributed by atoms with Crippen LogP contribution in [0.2, 0.25) is 0 Å². The predicted octanol–water partition coefficient (Wildman–Crippen LogP) is 5.36. The minimum absolute atomic E-state index is 0.149. The number of pyridine rings is 1. The maximum absolute atomic E-state index is 13.0. The van der Waals surface area contributed by atoms with Crippen LogP contribution in [0.25, 0.3) is 44.3 Å². The maximum Gasteiger partial charge on any atom is 0.209 e. The van der Waals surface area contributed by atoms with Crippen molar-refractivity contribution in [3.63, 3.8) is 0 Å². The largest absolute Gasteiger partial charge is 0.508 e. The van der Waals surface area contributed by atoms with Crippen molar-refractivity contribution in [3.05, 3.63) is 94.8 Å². The molecule has 4 nitrogen and oxygen atoms in total. The Balaban J connectivity index is 1.76. The SMILES string of the molecule is C#Cc1c(-c2cc3ccccc3cn2)oc2cc(-c3cccc(O)c3)ccc2c1=O. The number of rotatable bonds is 2. The van der Waals surface area contributed by atoms with Gasteiger partial charge in [-0.3, -0.25) is 9.78 Å². The summed E-state index contributed by atoms with van der Waals surface area (Å²) in [5.41, 5.74) is 2.41. The number of hydrogen-bond donors (Lipinski definition) is 1. The first kappa shape index (κ1) is 17.7. The van der Waals surface area contributed by atoms with Gasteiger partial charge in [-0.2, -0.15) is 0 Å². The van der Waals surface area contributed by atoms with Crippen LogP contribution in [0, 0.1) is 12.3 Å². The van der Waals surface area contributed by atoms with Gasteiger partial charge in [0.1, 0.15) is 22.6 Å². The molecule has 30 heavy (non-hydrogen) atoms. The Morgan fingerprint density at radius 3 is 2.50 bits per heavy atom. The number of aromatic hydroxyl groups is 1. The summed E-state index contributed by atoms with van der Waals surface area (Å²) in [5, 5.41) is 12.1. The molecule has 142 valence electrons. The molecule has 0 unspecified atom stereocenters. The predicted molar refractivity (Wildman–Crippen MR) is 118 cm³/mol. The van der Waals surface area contributed by atoms with Gasteiger partial charge < -0.3 is 9.52 Å². The number of aromatic nitrogens is 1. The maximum atomic E-state index is 13.0. The van der Waals surface area contributed by atoms with E-state index in [-0.39, 0.29) is 22.5 Å². The highest BCUT2D eigenvalue weighted by Crippen LogP contribution is 2.30. The van der Waals surface area contributed by atoms with E-state index in [1.54, 1.807) is 36.5 Å². The number of fused-ring (bicyclic) bond motifs is 2. The number of hydrogen-bond acceptors (Lipinski definition) is 4. The molecular formula is C26H15NO3. The molecule has 0 atom stereocenters. The number of phenolic OH excluding ortho intramolecular Hbond substituents is 1. The van der Waals surface area contributed by atoms with Crippen molar-refractivity contribution < 1.29 is 9.52 Å². The summed E-state index contributed by atoms with van der Waals surface area (Å²) in [6, 6.07) is 21.8. The molecule has 5 rings (SSSR count). The third-order valence-electron chi connectivity index (χ3n) is 5.08. The average Bonchev–Trinajstić information content (AvgIpc) is 2.78. The molecule has 0 amide bonds. The molecule has 0 aliphatic rings. The molecule has 1 N–H and O–H groups in total. The fourth-order valence-electron chi connectivity index (χ4n) is 3.58. The van der Waals surface area contributed by atoms with E-state index >= 15 is 0 Å². The summed E-state index contributed by atoms with van der Waals surface area (Å²) in [4.78, 5) is 17.5. The first-order valence-corrected chi connectivity index (χ1v) is 9.36. The molecule has 0 bridgehead atoms. The Morgan fingerprint density at radius 2 is 1.70 bits per heavy atom. The molecule has 0 fully saturated rings. The van der Waals surface area contributed by atoms with Crippen LogP contribution >= 0.6 is 0 Å². The highest BCUT2D eigenvalue weighted by Gasteiger charge is 2.17. The smallest absolute Gasteiger partial charge is 0.209 e. The van der Waals surface area contributed by atoms with Crippen molar-refractivity contribution >= 4 is 21.7 Å². The zero-order valence-corrected chi connectivity index (χ0v) is 15.8. The van der Waals surface area contributed by atoms with Crippen LogP contribution in [0.5, 0.6) is 5.75 Å². The van der Waals surface area contributed by atoms with Crippen molar-refractivity contribution in [2.45, 2.75) is 0 Å². The van der Waals surface area contributed by atoms with Crippen molar-refractivity contribution in [2.24, 2.45) is 0 Å². The van der Waals surface area contributed by atoms with Crippen LogP contribution in [0.3, 0.4) is 0 Å². The van der Waals surface area contributed by atoms with Crippen molar-refractivity contribution in [3.8, 4) is 40.7 Å². The van der Waals surface area contributed by atoms with Gasteiger partial charge in [-0.05, 0) is 46.8 Å². The van der Waals surface area contributed by atoms with Crippen LogP contribution in [0.4, 0.5) is 0 Å². The van der Waals surface area contributed by atoms with Gasteiger partial charge in [-0.15, -0.1) is 6.42 Å². The second-order valence-electron chi connectivity index (χ2n) is 6.96. The number of phenols is 1. The zero-order valence-electron chi connectivity index (χ0n) is 15.8. The molecule has 4 heteroatoms. The van der Waals surface area contributed by atoms with E-state index in [0.29, 0.717) is 16.7 Å². The quantitative estimate of drug-likeness (QED) is 0.413. The Morgan fingerprint density at radius 1 is 0.900 bits per heavy atom. The highest BCUT2D eigenvalue weighted by molar-refractivity contribution is 5.88. The molecule has 0 aliphatic carbocycles. The monoisotopic (exact) mass is 389 g/mol. The lowest BCUT2D eigenvalue weighted by atomic mass is 10.0. The molecular weight excluding hydrogens is 374 g/mol. The number of benzene rings is 3. The van der Waals surface area contributed by atoms with Crippen molar-refractivity contribution in [2.75, 3.05) is 0 Å². The lowest BCUT2D eigenvalue weighted by Crippen LogP contribution is -2.08. The van der Waals surface area contributed by atoms with Gasteiger partial charge in [0.2, 0.25) is 5.43 Å². The average molecular weight is 389 g/mol. The molecule has 2 heterocycles. The normalized spacial score (nSPS) is 10.9. The lowest BCUT2D eigenvalue weighted by molar-refractivity contribution is 0.475. The summed E-state index contributed by atoms with van der Waals surface area (Å²) in [6.07, 6.45) is 7.40. The van der Waals surface area contributed by atoms with E-state index in [1.807, 2.05) is 42.5 Å².